The fourth-order valence-corrected chi connectivity index (χ4v) is 1.80. The molecule has 2 rings (SSSR count). The van der Waals surface area contributed by atoms with Gasteiger partial charge in [0, 0.05) is 11.3 Å². The number of nitrogens with two attached hydrogens (primary N) is 1. The molecule has 0 bridgehead atoms. The topological polar surface area (TPSA) is 73.1 Å². The van der Waals surface area contributed by atoms with Crippen molar-refractivity contribution < 1.29 is 4.74 Å². The van der Waals surface area contributed by atoms with Crippen LogP contribution in [-0.4, -0.2) is 16.1 Å². The van der Waals surface area contributed by atoms with E-state index in [4.69, 9.17) is 10.5 Å². The fourth-order valence-electron chi connectivity index (χ4n) is 1.80. The van der Waals surface area contributed by atoms with Gasteiger partial charge in [-0.3, -0.25) is 0 Å². The number of aromatic nitrogens is 2. The number of hydrogen-bond acceptors (Lipinski definition) is 5. The highest BCUT2D eigenvalue weighted by Gasteiger charge is 2.07. The number of nitrogens with zero attached hydrogens (tertiary/aromatic N) is 2. The van der Waals surface area contributed by atoms with Crippen molar-refractivity contribution in [2.24, 2.45) is 0 Å². The maximum absolute atomic E-state index is 5.84. The lowest BCUT2D eigenvalue weighted by atomic mass is 10.2. The van der Waals surface area contributed by atoms with Gasteiger partial charge in [-0.1, -0.05) is 0 Å². The zero-order valence-electron chi connectivity index (χ0n) is 12.3. The van der Waals surface area contributed by atoms with Gasteiger partial charge < -0.3 is 15.8 Å². The number of nitrogens with one attached hydrogen (secondary N) is 1. The maximum Gasteiger partial charge on any atom is 0.139 e. The highest BCUT2D eigenvalue weighted by molar-refractivity contribution is 5.64. The van der Waals surface area contributed by atoms with Crippen LogP contribution in [0.4, 0.5) is 17.3 Å². The lowest BCUT2D eigenvalue weighted by Gasteiger charge is -2.12. The van der Waals surface area contributed by atoms with E-state index in [0.29, 0.717) is 11.6 Å². The Kier molecular flexibility index (Phi) is 4.08. The molecule has 0 fully saturated rings. The molecule has 0 radical (unpaired) electrons. The summed E-state index contributed by atoms with van der Waals surface area (Å²) in [7, 11) is 0. The number of anilines is 3. The number of hydrogen-bond donors (Lipinski definition) is 2. The second-order valence-electron chi connectivity index (χ2n) is 4.95. The molecule has 0 amide bonds. The predicted molar refractivity (Wildman–Crippen MR) is 81.4 cm³/mol. The number of rotatable bonds is 4. The zero-order chi connectivity index (χ0) is 14.7. The van der Waals surface area contributed by atoms with E-state index in [-0.39, 0.29) is 6.10 Å². The molecule has 5 heteroatoms. The number of benzene rings is 1. The Bertz CT molecular complexity index is 594. The van der Waals surface area contributed by atoms with Gasteiger partial charge in [-0.25, -0.2) is 9.97 Å². The van der Waals surface area contributed by atoms with Crippen LogP contribution in [0.15, 0.2) is 24.3 Å². The van der Waals surface area contributed by atoms with Gasteiger partial charge >= 0.3 is 0 Å². The van der Waals surface area contributed by atoms with Crippen molar-refractivity contribution in [3.63, 3.8) is 0 Å². The quantitative estimate of drug-likeness (QED) is 0.894. The molecule has 5 nitrogen and oxygen atoms in total. The van der Waals surface area contributed by atoms with E-state index in [2.05, 4.69) is 15.3 Å². The lowest BCUT2D eigenvalue weighted by molar-refractivity contribution is 0.242. The molecule has 1 heterocycles. The number of ether oxygens (including phenoxy) is 1. The second kappa shape index (κ2) is 5.77. The summed E-state index contributed by atoms with van der Waals surface area (Å²) in [6.07, 6.45) is 0.167. The molecule has 20 heavy (non-hydrogen) atoms. The van der Waals surface area contributed by atoms with Crippen molar-refractivity contribution in [2.75, 3.05) is 11.1 Å². The van der Waals surface area contributed by atoms with E-state index in [1.54, 1.807) is 0 Å². The molecule has 0 unspecified atom stereocenters. The molecule has 0 saturated heterocycles. The Morgan fingerprint density at radius 2 is 1.75 bits per heavy atom. The van der Waals surface area contributed by atoms with E-state index in [1.807, 2.05) is 52.0 Å². The van der Waals surface area contributed by atoms with Gasteiger partial charge in [0.05, 0.1) is 6.10 Å². The van der Waals surface area contributed by atoms with Crippen molar-refractivity contribution in [1.82, 2.24) is 9.97 Å². The minimum Gasteiger partial charge on any atom is -0.491 e. The molecular formula is C15H20N4O. The fraction of sp³-hybridized carbons (Fsp3) is 0.333. The molecule has 0 saturated carbocycles. The normalized spacial score (nSPS) is 10.7. The Morgan fingerprint density at radius 1 is 1.10 bits per heavy atom. The molecular weight excluding hydrogens is 252 g/mol. The average molecular weight is 272 g/mol. The van der Waals surface area contributed by atoms with E-state index in [0.717, 1.165) is 22.8 Å². The first-order valence-electron chi connectivity index (χ1n) is 6.60. The van der Waals surface area contributed by atoms with Crippen LogP contribution >= 0.6 is 0 Å². The summed E-state index contributed by atoms with van der Waals surface area (Å²) in [6.45, 7) is 7.72. The largest absolute Gasteiger partial charge is 0.491 e. The molecule has 1 aromatic heterocycles. The standard InChI is InChI=1S/C15H20N4O/c1-9(2)20-13-7-5-12(6-8-13)19-15-10(3)14(16)17-11(4)18-15/h5-9H,1-4H3,(H3,16,17,18,19). The summed E-state index contributed by atoms with van der Waals surface area (Å²) in [6, 6.07) is 7.75. The minimum atomic E-state index is 0.167. The average Bonchev–Trinajstić information content (AvgIpc) is 2.37. The van der Waals surface area contributed by atoms with Gasteiger partial charge in [-0.2, -0.15) is 0 Å². The molecule has 0 aliphatic carbocycles. The number of aryl methyl sites for hydroxylation is 1. The summed E-state index contributed by atoms with van der Waals surface area (Å²) in [5.41, 5.74) is 7.62. The predicted octanol–water partition coefficient (Wildman–Crippen LogP) is 3.21. The van der Waals surface area contributed by atoms with Gasteiger partial charge in [0.1, 0.15) is 23.2 Å². The number of nitrogen functional groups attached to an aromatic ring is 1. The van der Waals surface area contributed by atoms with Gasteiger partial charge in [0.15, 0.2) is 0 Å². The summed E-state index contributed by atoms with van der Waals surface area (Å²) in [4.78, 5) is 8.50. The Morgan fingerprint density at radius 3 is 2.35 bits per heavy atom. The molecule has 0 spiro atoms. The van der Waals surface area contributed by atoms with Crippen LogP contribution in [0.3, 0.4) is 0 Å². The monoisotopic (exact) mass is 272 g/mol. The summed E-state index contributed by atoms with van der Waals surface area (Å²) < 4.78 is 5.61. The van der Waals surface area contributed by atoms with Gasteiger partial charge in [0.25, 0.3) is 0 Å². The van der Waals surface area contributed by atoms with Crippen molar-refractivity contribution in [1.29, 1.82) is 0 Å². The zero-order valence-corrected chi connectivity index (χ0v) is 12.3. The molecule has 0 aliphatic rings. The van der Waals surface area contributed by atoms with E-state index in [9.17, 15) is 0 Å². The van der Waals surface area contributed by atoms with Crippen LogP contribution in [0, 0.1) is 13.8 Å². The third kappa shape index (κ3) is 3.38. The summed E-state index contributed by atoms with van der Waals surface area (Å²) in [5.74, 6) is 2.73. The molecule has 0 atom stereocenters. The SMILES string of the molecule is Cc1nc(N)c(C)c(Nc2ccc(OC(C)C)cc2)n1. The third-order valence-electron chi connectivity index (χ3n) is 2.78. The Labute approximate surface area is 119 Å². The van der Waals surface area contributed by atoms with Crippen LogP contribution in [0.1, 0.15) is 25.2 Å². The molecule has 106 valence electrons. The van der Waals surface area contributed by atoms with E-state index >= 15 is 0 Å². The van der Waals surface area contributed by atoms with Crippen molar-refractivity contribution in [3.8, 4) is 5.75 Å². The van der Waals surface area contributed by atoms with Crippen LogP contribution in [0.5, 0.6) is 5.75 Å². The van der Waals surface area contributed by atoms with Crippen molar-refractivity contribution in [3.05, 3.63) is 35.7 Å². The van der Waals surface area contributed by atoms with Gasteiger partial charge in [-0.15, -0.1) is 0 Å². The molecule has 0 aliphatic heterocycles. The molecule has 1 aromatic carbocycles. The highest BCUT2D eigenvalue weighted by atomic mass is 16.5. The van der Waals surface area contributed by atoms with Crippen LogP contribution in [-0.2, 0) is 0 Å². The lowest BCUT2D eigenvalue weighted by Crippen LogP contribution is -2.06. The highest BCUT2D eigenvalue weighted by Crippen LogP contribution is 2.23. The van der Waals surface area contributed by atoms with E-state index < -0.39 is 0 Å². The first kappa shape index (κ1) is 14.1. The summed E-state index contributed by atoms with van der Waals surface area (Å²) >= 11 is 0. The minimum absolute atomic E-state index is 0.167. The van der Waals surface area contributed by atoms with Crippen LogP contribution in [0.25, 0.3) is 0 Å². The van der Waals surface area contributed by atoms with E-state index in [1.165, 1.54) is 0 Å². The summed E-state index contributed by atoms with van der Waals surface area (Å²) in [5, 5.41) is 3.25. The van der Waals surface area contributed by atoms with Gasteiger partial charge in [-0.05, 0) is 52.0 Å². The third-order valence-corrected chi connectivity index (χ3v) is 2.78. The first-order valence-corrected chi connectivity index (χ1v) is 6.60. The first-order chi connectivity index (χ1) is 9.45. The second-order valence-corrected chi connectivity index (χ2v) is 4.95. The van der Waals surface area contributed by atoms with Crippen LogP contribution < -0.4 is 15.8 Å². The van der Waals surface area contributed by atoms with Gasteiger partial charge in [0.2, 0.25) is 0 Å². The Balaban J connectivity index is 2.18. The maximum atomic E-state index is 5.84. The molecule has 2 aromatic rings. The van der Waals surface area contributed by atoms with Crippen LogP contribution in [0.2, 0.25) is 0 Å². The van der Waals surface area contributed by atoms with Crippen molar-refractivity contribution >= 4 is 17.3 Å². The Hall–Kier alpha value is -2.30. The smallest absolute Gasteiger partial charge is 0.139 e. The molecule has 3 N–H and O–H groups in total. The van der Waals surface area contributed by atoms with Crippen molar-refractivity contribution in [2.45, 2.75) is 33.8 Å².